The second kappa shape index (κ2) is 8.06. The van der Waals surface area contributed by atoms with E-state index < -0.39 is 0 Å². The number of hydrogen-bond donors (Lipinski definition) is 2. The van der Waals surface area contributed by atoms with E-state index >= 15 is 0 Å². The predicted octanol–water partition coefficient (Wildman–Crippen LogP) is 2.71. The van der Waals surface area contributed by atoms with Crippen molar-refractivity contribution in [3.8, 4) is 0 Å². The normalized spacial score (nSPS) is 28.9. The van der Waals surface area contributed by atoms with Gasteiger partial charge in [-0.2, -0.15) is 0 Å². The van der Waals surface area contributed by atoms with Crippen molar-refractivity contribution in [2.75, 3.05) is 13.7 Å². The van der Waals surface area contributed by atoms with Gasteiger partial charge in [-0.3, -0.25) is 11.3 Å². The van der Waals surface area contributed by atoms with Crippen LogP contribution < -0.4 is 11.3 Å². The van der Waals surface area contributed by atoms with Crippen molar-refractivity contribution in [3.63, 3.8) is 0 Å². The Morgan fingerprint density at radius 1 is 1.41 bits per heavy atom. The Morgan fingerprint density at radius 2 is 2.18 bits per heavy atom. The summed E-state index contributed by atoms with van der Waals surface area (Å²) in [6, 6.07) is 0.467. The van der Waals surface area contributed by atoms with Gasteiger partial charge in [-0.1, -0.05) is 33.1 Å². The van der Waals surface area contributed by atoms with Gasteiger partial charge in [0.15, 0.2) is 0 Å². The van der Waals surface area contributed by atoms with Crippen molar-refractivity contribution in [3.05, 3.63) is 0 Å². The van der Waals surface area contributed by atoms with Gasteiger partial charge in [0, 0.05) is 19.8 Å². The standard InChI is InChI=1S/C14H30N2O/c1-4-12-6-5-7-13(9-12)14(16-15)8-11(2)10-17-3/h11-14,16H,4-10,15H2,1-3H3. The Kier molecular flexibility index (Phi) is 7.09. The zero-order valence-electron chi connectivity index (χ0n) is 11.7. The number of rotatable bonds is 7. The highest BCUT2D eigenvalue weighted by Crippen LogP contribution is 2.34. The summed E-state index contributed by atoms with van der Waals surface area (Å²) in [6.07, 6.45) is 7.93. The molecule has 0 heterocycles. The summed E-state index contributed by atoms with van der Waals surface area (Å²) in [5, 5.41) is 0. The van der Waals surface area contributed by atoms with E-state index in [-0.39, 0.29) is 0 Å². The summed E-state index contributed by atoms with van der Waals surface area (Å²) in [7, 11) is 1.77. The van der Waals surface area contributed by atoms with Crippen LogP contribution in [-0.2, 0) is 4.74 Å². The maximum absolute atomic E-state index is 5.74. The van der Waals surface area contributed by atoms with Gasteiger partial charge < -0.3 is 4.74 Å². The first-order valence-electron chi connectivity index (χ1n) is 7.16. The lowest BCUT2D eigenvalue weighted by Gasteiger charge is -2.35. The molecule has 0 aromatic carbocycles. The zero-order valence-corrected chi connectivity index (χ0v) is 11.7. The monoisotopic (exact) mass is 242 g/mol. The first-order chi connectivity index (χ1) is 8.21. The van der Waals surface area contributed by atoms with Crippen LogP contribution in [0.1, 0.15) is 52.4 Å². The van der Waals surface area contributed by atoms with Crippen LogP contribution in [0.3, 0.4) is 0 Å². The van der Waals surface area contributed by atoms with Crippen LogP contribution >= 0.6 is 0 Å². The largest absolute Gasteiger partial charge is 0.384 e. The van der Waals surface area contributed by atoms with Crippen molar-refractivity contribution in [2.45, 2.75) is 58.4 Å². The molecule has 102 valence electrons. The summed E-state index contributed by atoms with van der Waals surface area (Å²) in [5.41, 5.74) is 3.05. The minimum absolute atomic E-state index is 0.467. The van der Waals surface area contributed by atoms with Crippen molar-refractivity contribution >= 4 is 0 Å². The predicted molar refractivity (Wildman–Crippen MR) is 72.5 cm³/mol. The second-order valence-corrected chi connectivity index (χ2v) is 5.77. The Labute approximate surface area is 106 Å². The third kappa shape index (κ3) is 4.94. The average molecular weight is 242 g/mol. The fourth-order valence-electron chi connectivity index (χ4n) is 3.25. The van der Waals surface area contributed by atoms with E-state index in [2.05, 4.69) is 19.3 Å². The first kappa shape index (κ1) is 14.9. The number of ether oxygens (including phenoxy) is 1. The second-order valence-electron chi connectivity index (χ2n) is 5.77. The highest BCUT2D eigenvalue weighted by molar-refractivity contribution is 4.82. The minimum Gasteiger partial charge on any atom is -0.384 e. The number of nitrogens with one attached hydrogen (secondary N) is 1. The Balaban J connectivity index is 2.42. The highest BCUT2D eigenvalue weighted by atomic mass is 16.5. The summed E-state index contributed by atoms with van der Waals surface area (Å²) in [5.74, 6) is 8.01. The maximum atomic E-state index is 5.74. The van der Waals surface area contributed by atoms with E-state index in [1.807, 2.05) is 0 Å². The van der Waals surface area contributed by atoms with Crippen molar-refractivity contribution in [1.29, 1.82) is 0 Å². The molecule has 17 heavy (non-hydrogen) atoms. The molecule has 1 saturated carbocycles. The van der Waals surface area contributed by atoms with E-state index in [4.69, 9.17) is 10.6 Å². The molecule has 4 unspecified atom stereocenters. The van der Waals surface area contributed by atoms with E-state index in [1.165, 1.54) is 32.1 Å². The summed E-state index contributed by atoms with van der Waals surface area (Å²) < 4.78 is 5.21. The Hall–Kier alpha value is -0.120. The van der Waals surface area contributed by atoms with Crippen LogP contribution in [0, 0.1) is 17.8 Å². The molecular formula is C14H30N2O. The van der Waals surface area contributed by atoms with Gasteiger partial charge in [0.05, 0.1) is 0 Å². The van der Waals surface area contributed by atoms with Gasteiger partial charge >= 0.3 is 0 Å². The van der Waals surface area contributed by atoms with Crippen LogP contribution in [0.25, 0.3) is 0 Å². The molecule has 1 fully saturated rings. The van der Waals surface area contributed by atoms with Gasteiger partial charge in [-0.15, -0.1) is 0 Å². The van der Waals surface area contributed by atoms with Crippen molar-refractivity contribution in [1.82, 2.24) is 5.43 Å². The van der Waals surface area contributed by atoms with Crippen LogP contribution in [-0.4, -0.2) is 19.8 Å². The van der Waals surface area contributed by atoms with Crippen LogP contribution in [0.5, 0.6) is 0 Å². The van der Waals surface area contributed by atoms with Gasteiger partial charge in [-0.05, 0) is 37.0 Å². The fourth-order valence-corrected chi connectivity index (χ4v) is 3.25. The molecule has 0 aromatic heterocycles. The van der Waals surface area contributed by atoms with Crippen molar-refractivity contribution < 1.29 is 4.74 Å². The Bertz CT molecular complexity index is 199. The van der Waals surface area contributed by atoms with E-state index in [9.17, 15) is 0 Å². The third-order valence-corrected chi connectivity index (χ3v) is 4.29. The molecule has 3 heteroatoms. The molecule has 4 atom stereocenters. The van der Waals surface area contributed by atoms with Crippen molar-refractivity contribution in [2.24, 2.45) is 23.6 Å². The fraction of sp³-hybridized carbons (Fsp3) is 1.00. The SMILES string of the molecule is CCC1CCCC(C(CC(C)COC)NN)C1. The summed E-state index contributed by atoms with van der Waals surface area (Å²) in [4.78, 5) is 0. The molecule has 1 aliphatic rings. The quantitative estimate of drug-likeness (QED) is 0.533. The molecule has 0 radical (unpaired) electrons. The van der Waals surface area contributed by atoms with Gasteiger partial charge in [0.2, 0.25) is 0 Å². The number of methoxy groups -OCH3 is 1. The van der Waals surface area contributed by atoms with Gasteiger partial charge in [0.1, 0.15) is 0 Å². The minimum atomic E-state index is 0.467. The molecule has 3 N–H and O–H groups in total. The lowest BCUT2D eigenvalue weighted by Crippen LogP contribution is -2.44. The molecule has 1 aliphatic carbocycles. The molecule has 0 aromatic rings. The van der Waals surface area contributed by atoms with Crippen LogP contribution in [0.4, 0.5) is 0 Å². The van der Waals surface area contributed by atoms with Gasteiger partial charge in [-0.25, -0.2) is 0 Å². The molecular weight excluding hydrogens is 212 g/mol. The molecule has 0 saturated heterocycles. The van der Waals surface area contributed by atoms with Gasteiger partial charge in [0.25, 0.3) is 0 Å². The van der Waals surface area contributed by atoms with E-state index in [0.717, 1.165) is 24.9 Å². The first-order valence-corrected chi connectivity index (χ1v) is 7.16. The van der Waals surface area contributed by atoms with E-state index in [1.54, 1.807) is 7.11 Å². The zero-order chi connectivity index (χ0) is 12.7. The molecule has 0 aliphatic heterocycles. The number of nitrogens with two attached hydrogens (primary N) is 1. The van der Waals surface area contributed by atoms with Crippen LogP contribution in [0.15, 0.2) is 0 Å². The molecule has 0 spiro atoms. The number of hydrogen-bond acceptors (Lipinski definition) is 3. The molecule has 0 amide bonds. The topological polar surface area (TPSA) is 47.3 Å². The maximum Gasteiger partial charge on any atom is 0.0488 e. The van der Waals surface area contributed by atoms with E-state index in [0.29, 0.717) is 12.0 Å². The molecule has 3 nitrogen and oxygen atoms in total. The summed E-state index contributed by atoms with van der Waals surface area (Å²) in [6.45, 7) is 5.39. The lowest BCUT2D eigenvalue weighted by molar-refractivity contribution is 0.130. The Morgan fingerprint density at radius 3 is 2.76 bits per heavy atom. The third-order valence-electron chi connectivity index (χ3n) is 4.29. The smallest absolute Gasteiger partial charge is 0.0488 e. The van der Waals surface area contributed by atoms with Crippen LogP contribution in [0.2, 0.25) is 0 Å². The molecule has 0 bridgehead atoms. The highest BCUT2D eigenvalue weighted by Gasteiger charge is 2.28. The lowest BCUT2D eigenvalue weighted by atomic mass is 9.75. The summed E-state index contributed by atoms with van der Waals surface area (Å²) >= 11 is 0. The molecule has 1 rings (SSSR count). The number of hydrazine groups is 1. The average Bonchev–Trinajstić information content (AvgIpc) is 2.36.